The van der Waals surface area contributed by atoms with Crippen molar-refractivity contribution >= 4 is 35.3 Å². The van der Waals surface area contributed by atoms with Crippen molar-refractivity contribution in [3.05, 3.63) is 84.3 Å². The predicted molar refractivity (Wildman–Crippen MR) is 130 cm³/mol. The van der Waals surface area contributed by atoms with Gasteiger partial charge < -0.3 is 26.7 Å². The van der Waals surface area contributed by atoms with Gasteiger partial charge in [-0.15, -0.1) is 0 Å². The average molecular weight is 517 g/mol. The summed E-state index contributed by atoms with van der Waals surface area (Å²) in [5.41, 5.74) is -1.64. The zero-order valence-corrected chi connectivity index (χ0v) is 19.2. The van der Waals surface area contributed by atoms with Gasteiger partial charge in [0.1, 0.15) is 17.5 Å². The maximum Gasteiger partial charge on any atom is 0.416 e. The van der Waals surface area contributed by atoms with Crippen LogP contribution in [0.2, 0.25) is 0 Å². The predicted octanol–water partition coefficient (Wildman–Crippen LogP) is 5.43. The summed E-state index contributed by atoms with van der Waals surface area (Å²) >= 11 is 0. The van der Waals surface area contributed by atoms with Crippen LogP contribution in [0, 0.1) is 17.0 Å². The highest BCUT2D eigenvalue weighted by molar-refractivity contribution is 5.99. The number of benzene rings is 2. The summed E-state index contributed by atoms with van der Waals surface area (Å²) in [4.78, 5) is 19.8. The summed E-state index contributed by atoms with van der Waals surface area (Å²) < 4.78 is 69.3. The van der Waals surface area contributed by atoms with Gasteiger partial charge in [0.25, 0.3) is 0 Å². The van der Waals surface area contributed by atoms with Crippen LogP contribution in [0.25, 0.3) is 11.1 Å². The Kier molecular flexibility index (Phi) is 8.17. The van der Waals surface area contributed by atoms with Gasteiger partial charge in [0.2, 0.25) is 11.9 Å². The van der Waals surface area contributed by atoms with Crippen molar-refractivity contribution < 1.29 is 26.7 Å². The molecule has 1 amide bonds. The number of hydrogen-bond acceptors (Lipinski definition) is 7. The maximum atomic E-state index is 14.7. The molecule has 0 saturated carbocycles. The van der Waals surface area contributed by atoms with Crippen molar-refractivity contribution in [1.29, 1.82) is 5.41 Å². The van der Waals surface area contributed by atoms with E-state index in [9.17, 15) is 26.7 Å². The number of hydrogen-bond donors (Lipinski definition) is 5. The van der Waals surface area contributed by atoms with E-state index in [4.69, 9.17) is 5.41 Å². The molecule has 0 radical (unpaired) electrons. The number of alkyl halides is 3. The number of aromatic nitrogens is 2. The molecule has 0 aliphatic carbocycles. The van der Waals surface area contributed by atoms with E-state index in [0.29, 0.717) is 18.2 Å². The lowest BCUT2D eigenvalue weighted by Gasteiger charge is -2.16. The second-order valence-corrected chi connectivity index (χ2v) is 7.32. The van der Waals surface area contributed by atoms with E-state index in [1.807, 2.05) is 0 Å². The summed E-state index contributed by atoms with van der Waals surface area (Å²) in [6, 6.07) is 5.36. The standard InChI is InChI=1S/C24H20F5N7O/c1-3-21(37)33-14-5-7-19(26)20(9-14)35-22-17(12-32-23(36-22)34-15(10-30)11-31-2)16-8-13(24(27,28)29)4-6-18(16)25/h3-12,30-31H,1H2,2H3,(H,33,37)(H2,32,34,35,36)/b15-11+,30-10?. The fourth-order valence-corrected chi connectivity index (χ4v) is 3.06. The molecule has 0 aliphatic heterocycles. The van der Waals surface area contributed by atoms with Gasteiger partial charge in [-0.2, -0.15) is 18.2 Å². The van der Waals surface area contributed by atoms with Crippen molar-refractivity contribution in [3.63, 3.8) is 0 Å². The summed E-state index contributed by atoms with van der Waals surface area (Å²) in [5, 5.41) is 17.9. The number of nitrogens with one attached hydrogen (secondary N) is 5. The summed E-state index contributed by atoms with van der Waals surface area (Å²) in [6.07, 6.45) is -0.335. The van der Waals surface area contributed by atoms with Crippen LogP contribution in [0.4, 0.5) is 45.1 Å². The molecule has 3 aromatic rings. The maximum absolute atomic E-state index is 14.7. The lowest BCUT2D eigenvalue weighted by molar-refractivity contribution is -0.137. The van der Waals surface area contributed by atoms with Crippen LogP contribution in [0.5, 0.6) is 0 Å². The number of allylic oxidation sites excluding steroid dienone is 1. The number of halogens is 5. The molecular weight excluding hydrogens is 497 g/mol. The molecule has 0 bridgehead atoms. The van der Waals surface area contributed by atoms with E-state index in [1.165, 1.54) is 18.3 Å². The van der Waals surface area contributed by atoms with Crippen LogP contribution in [0.15, 0.2) is 67.1 Å². The molecule has 0 atom stereocenters. The van der Waals surface area contributed by atoms with Gasteiger partial charge in [-0.1, -0.05) is 6.58 Å². The minimum Gasteiger partial charge on any atom is -0.392 e. The van der Waals surface area contributed by atoms with E-state index in [0.717, 1.165) is 24.6 Å². The van der Waals surface area contributed by atoms with Gasteiger partial charge in [-0.25, -0.2) is 13.8 Å². The van der Waals surface area contributed by atoms with Crippen LogP contribution in [-0.2, 0) is 11.0 Å². The van der Waals surface area contributed by atoms with Crippen LogP contribution in [-0.4, -0.2) is 29.1 Å². The Morgan fingerprint density at radius 1 is 1.05 bits per heavy atom. The number of carbonyl (C=O) groups is 1. The Morgan fingerprint density at radius 3 is 2.43 bits per heavy atom. The third-order valence-corrected chi connectivity index (χ3v) is 4.76. The minimum atomic E-state index is -4.75. The number of anilines is 4. The molecular formula is C24H20F5N7O. The second-order valence-electron chi connectivity index (χ2n) is 7.32. The number of nitrogens with zero attached hydrogens (tertiary/aromatic N) is 2. The van der Waals surface area contributed by atoms with Gasteiger partial charge in [-0.3, -0.25) is 4.79 Å². The highest BCUT2D eigenvalue weighted by Gasteiger charge is 2.31. The van der Waals surface area contributed by atoms with E-state index in [1.54, 1.807) is 7.05 Å². The smallest absolute Gasteiger partial charge is 0.392 e. The molecule has 0 unspecified atom stereocenters. The molecule has 5 N–H and O–H groups in total. The lowest BCUT2D eigenvalue weighted by Crippen LogP contribution is -2.11. The van der Waals surface area contributed by atoms with Crippen molar-refractivity contribution in [1.82, 2.24) is 15.3 Å². The fourth-order valence-electron chi connectivity index (χ4n) is 3.06. The quantitative estimate of drug-likeness (QED) is 0.147. The Labute approximate surface area is 207 Å². The van der Waals surface area contributed by atoms with Crippen molar-refractivity contribution in [2.24, 2.45) is 0 Å². The highest BCUT2D eigenvalue weighted by atomic mass is 19.4. The summed E-state index contributed by atoms with van der Waals surface area (Å²) in [6.45, 7) is 3.33. The van der Waals surface area contributed by atoms with E-state index in [-0.39, 0.29) is 34.4 Å². The SMILES string of the molecule is C=CC(=O)Nc1ccc(F)c(Nc2nc(N/C(C=N)=C/NC)ncc2-c2cc(C(F)(F)F)ccc2F)c1. The van der Waals surface area contributed by atoms with Gasteiger partial charge in [-0.05, 0) is 42.5 Å². The summed E-state index contributed by atoms with van der Waals surface area (Å²) in [7, 11) is 1.58. The lowest BCUT2D eigenvalue weighted by atomic mass is 10.0. The molecule has 2 aromatic carbocycles. The van der Waals surface area contributed by atoms with E-state index < -0.39 is 34.8 Å². The number of carbonyl (C=O) groups excluding carboxylic acids is 1. The molecule has 0 aliphatic rings. The van der Waals surface area contributed by atoms with Crippen molar-refractivity contribution in [2.75, 3.05) is 23.0 Å². The normalized spacial score (nSPS) is 11.5. The van der Waals surface area contributed by atoms with Gasteiger partial charge >= 0.3 is 6.18 Å². The molecule has 37 heavy (non-hydrogen) atoms. The largest absolute Gasteiger partial charge is 0.416 e. The van der Waals surface area contributed by atoms with E-state index in [2.05, 4.69) is 37.8 Å². The second kappa shape index (κ2) is 11.3. The molecule has 1 heterocycles. The third kappa shape index (κ3) is 6.66. The number of rotatable bonds is 9. The number of amides is 1. The molecule has 3 rings (SSSR count). The Morgan fingerprint density at radius 2 is 1.78 bits per heavy atom. The van der Waals surface area contributed by atoms with Crippen LogP contribution >= 0.6 is 0 Å². The van der Waals surface area contributed by atoms with E-state index >= 15 is 0 Å². The topological polar surface area (TPSA) is 115 Å². The highest BCUT2D eigenvalue weighted by Crippen LogP contribution is 2.37. The molecule has 192 valence electrons. The first-order valence-corrected chi connectivity index (χ1v) is 10.4. The molecule has 0 saturated heterocycles. The fraction of sp³-hybridized carbons (Fsp3) is 0.0833. The zero-order valence-electron chi connectivity index (χ0n) is 19.2. The first-order valence-electron chi connectivity index (χ1n) is 10.4. The Bertz CT molecular complexity index is 1370. The Hall–Kier alpha value is -4.81. The molecule has 13 heteroatoms. The first-order chi connectivity index (χ1) is 17.5. The van der Waals surface area contributed by atoms with Crippen LogP contribution in [0.3, 0.4) is 0 Å². The molecule has 0 fully saturated rings. The average Bonchev–Trinajstić information content (AvgIpc) is 2.85. The third-order valence-electron chi connectivity index (χ3n) is 4.76. The van der Waals surface area contributed by atoms with Gasteiger partial charge in [0, 0.05) is 42.5 Å². The van der Waals surface area contributed by atoms with Crippen molar-refractivity contribution in [2.45, 2.75) is 6.18 Å². The van der Waals surface area contributed by atoms with Gasteiger partial charge in [0.05, 0.1) is 16.9 Å². The molecule has 8 nitrogen and oxygen atoms in total. The summed E-state index contributed by atoms with van der Waals surface area (Å²) in [5.74, 6) is -2.73. The van der Waals surface area contributed by atoms with Gasteiger partial charge in [0.15, 0.2) is 0 Å². The minimum absolute atomic E-state index is 0.125. The van der Waals surface area contributed by atoms with Crippen LogP contribution < -0.4 is 21.3 Å². The molecule has 1 aromatic heterocycles. The monoisotopic (exact) mass is 517 g/mol. The van der Waals surface area contributed by atoms with Crippen LogP contribution in [0.1, 0.15) is 5.56 Å². The molecule has 0 spiro atoms. The zero-order chi connectivity index (χ0) is 27.2. The Balaban J connectivity index is 2.15. The van der Waals surface area contributed by atoms with Crippen molar-refractivity contribution in [3.8, 4) is 11.1 Å². The first kappa shape index (κ1) is 26.8.